The minimum atomic E-state index is -4.79. The van der Waals surface area contributed by atoms with Crippen molar-refractivity contribution < 1.29 is 26.8 Å². The second-order valence-corrected chi connectivity index (χ2v) is 17.9. The molecule has 1 aromatic rings. The highest BCUT2D eigenvalue weighted by Crippen LogP contribution is 2.54. The Hall–Kier alpha value is -0.676. The molecule has 0 radical (unpaired) electrons. The fourth-order valence-electron chi connectivity index (χ4n) is 3.40. The van der Waals surface area contributed by atoms with Crippen molar-refractivity contribution in [2.45, 2.75) is 84.0 Å². The lowest BCUT2D eigenvalue weighted by atomic mass is 9.82. The molecule has 0 fully saturated rings. The Morgan fingerprint density at radius 1 is 0.821 bits per heavy atom. The summed E-state index contributed by atoms with van der Waals surface area (Å²) in [4.78, 5) is 0. The van der Waals surface area contributed by atoms with Crippen molar-refractivity contribution in [2.75, 3.05) is 6.61 Å². The Morgan fingerprint density at radius 2 is 1.29 bits per heavy atom. The Morgan fingerprint density at radius 3 is 1.61 bits per heavy atom. The minimum Gasteiger partial charge on any atom is -0.403 e. The third kappa shape index (κ3) is 5.47. The van der Waals surface area contributed by atoms with E-state index in [1.807, 2.05) is 26.6 Å². The average molecular weight is 437 g/mol. The molecule has 0 bridgehead atoms. The molecule has 1 rings (SSSR count). The van der Waals surface area contributed by atoms with Gasteiger partial charge in [0.05, 0.1) is 0 Å². The van der Waals surface area contributed by atoms with Crippen LogP contribution >= 0.6 is 0 Å². The summed E-state index contributed by atoms with van der Waals surface area (Å²) in [5, 5.41) is 0. The molecule has 0 aromatic heterocycles. The summed E-state index contributed by atoms with van der Waals surface area (Å²) < 4.78 is 62.3. The van der Waals surface area contributed by atoms with E-state index in [0.717, 1.165) is 5.56 Å². The van der Waals surface area contributed by atoms with Gasteiger partial charge in [0.15, 0.2) is 16.6 Å². The van der Waals surface area contributed by atoms with Crippen molar-refractivity contribution in [3.05, 3.63) is 35.4 Å². The SMILES string of the molecule is CCOC(O[Si](C)(C)C)(C(F)(F)F)C(CC)(O[Si](C)(C)C)c1ccc(C)cc1. The third-order valence-electron chi connectivity index (χ3n) is 4.20. The van der Waals surface area contributed by atoms with Crippen LogP contribution in [0.2, 0.25) is 39.3 Å². The molecular weight excluding hydrogens is 401 g/mol. The highest BCUT2D eigenvalue weighted by Gasteiger charge is 2.72. The number of ether oxygens (including phenoxy) is 1. The molecule has 0 aliphatic heterocycles. The number of alkyl halides is 3. The first-order valence-electron chi connectivity index (χ1n) is 9.72. The van der Waals surface area contributed by atoms with Crippen LogP contribution in [0.1, 0.15) is 31.4 Å². The smallest absolute Gasteiger partial charge is 0.403 e. The van der Waals surface area contributed by atoms with Gasteiger partial charge in [0, 0.05) is 6.61 Å². The summed E-state index contributed by atoms with van der Waals surface area (Å²) in [5.41, 5.74) is -0.423. The normalized spacial score (nSPS) is 17.9. The van der Waals surface area contributed by atoms with Crippen molar-refractivity contribution in [2.24, 2.45) is 0 Å². The molecule has 0 aliphatic carbocycles. The molecule has 2 unspecified atom stereocenters. The molecular formula is C20H35F3O3Si2. The van der Waals surface area contributed by atoms with Crippen LogP contribution < -0.4 is 0 Å². The quantitative estimate of drug-likeness (QED) is 0.322. The fourth-order valence-corrected chi connectivity index (χ4v) is 6.05. The number of halogens is 3. The van der Waals surface area contributed by atoms with Crippen LogP contribution in [0.4, 0.5) is 13.2 Å². The lowest BCUT2D eigenvalue weighted by Crippen LogP contribution is -2.69. The van der Waals surface area contributed by atoms with Gasteiger partial charge in [0.2, 0.25) is 0 Å². The molecule has 2 atom stereocenters. The van der Waals surface area contributed by atoms with Crippen molar-refractivity contribution in [1.82, 2.24) is 0 Å². The predicted octanol–water partition coefficient (Wildman–Crippen LogP) is 6.60. The zero-order valence-electron chi connectivity index (χ0n) is 18.6. The van der Waals surface area contributed by atoms with E-state index in [1.165, 1.54) is 0 Å². The van der Waals surface area contributed by atoms with Crippen molar-refractivity contribution in [1.29, 1.82) is 0 Å². The molecule has 0 spiro atoms. The van der Waals surface area contributed by atoms with Crippen molar-refractivity contribution >= 4 is 16.6 Å². The standard InChI is InChI=1S/C20H35F3O3Si2/c1-10-18(25-27(4,5)6,17-14-12-16(3)13-15-17)19(24-11-2,20(21,22)23)26-28(7,8)9/h12-15H,10-11H2,1-9H3. The zero-order valence-corrected chi connectivity index (χ0v) is 20.6. The average Bonchev–Trinajstić information content (AvgIpc) is 2.49. The Kier molecular flexibility index (Phi) is 7.78. The molecule has 0 saturated carbocycles. The first-order valence-corrected chi connectivity index (χ1v) is 16.5. The third-order valence-corrected chi connectivity index (χ3v) is 6.06. The molecule has 0 heterocycles. The van der Waals surface area contributed by atoms with Gasteiger partial charge in [-0.15, -0.1) is 0 Å². The Balaban J connectivity index is 3.96. The predicted molar refractivity (Wildman–Crippen MR) is 112 cm³/mol. The Bertz CT molecular complexity index is 636. The summed E-state index contributed by atoms with van der Waals surface area (Å²) in [7, 11) is -5.14. The van der Waals surface area contributed by atoms with E-state index in [4.69, 9.17) is 13.6 Å². The highest BCUT2D eigenvalue weighted by atomic mass is 28.4. The number of hydrogen-bond acceptors (Lipinski definition) is 3. The molecule has 8 heteroatoms. The van der Waals surface area contributed by atoms with E-state index in [-0.39, 0.29) is 13.0 Å². The van der Waals surface area contributed by atoms with E-state index in [1.54, 1.807) is 57.8 Å². The van der Waals surface area contributed by atoms with Crippen LogP contribution in [0.25, 0.3) is 0 Å². The van der Waals surface area contributed by atoms with Crippen molar-refractivity contribution in [3.8, 4) is 0 Å². The van der Waals surface area contributed by atoms with E-state index in [9.17, 15) is 13.2 Å². The van der Waals surface area contributed by atoms with Gasteiger partial charge in [-0.25, -0.2) is 0 Å². The van der Waals surface area contributed by atoms with Gasteiger partial charge in [0.1, 0.15) is 5.60 Å². The molecule has 0 N–H and O–H groups in total. The zero-order chi connectivity index (χ0) is 22.0. The van der Waals surface area contributed by atoms with Gasteiger partial charge in [-0.3, -0.25) is 0 Å². The van der Waals surface area contributed by atoms with Crippen LogP contribution in [-0.4, -0.2) is 35.2 Å². The lowest BCUT2D eigenvalue weighted by Gasteiger charge is -2.53. The summed E-state index contributed by atoms with van der Waals surface area (Å²) in [6.45, 7) is 15.9. The molecule has 0 saturated heterocycles. The summed E-state index contributed by atoms with van der Waals surface area (Å²) in [6, 6.07) is 7.00. The maximum Gasteiger partial charge on any atom is 0.445 e. The monoisotopic (exact) mass is 436 g/mol. The van der Waals surface area contributed by atoms with Gasteiger partial charge in [-0.2, -0.15) is 13.2 Å². The summed E-state index contributed by atoms with van der Waals surface area (Å²) in [6.07, 6.45) is -4.73. The lowest BCUT2D eigenvalue weighted by molar-refractivity contribution is -0.410. The van der Waals surface area contributed by atoms with E-state index in [0.29, 0.717) is 5.56 Å². The first-order chi connectivity index (χ1) is 12.5. The van der Waals surface area contributed by atoms with Crippen LogP contribution in [0.3, 0.4) is 0 Å². The molecule has 162 valence electrons. The first kappa shape index (κ1) is 25.4. The maximum absolute atomic E-state index is 14.8. The molecule has 1 aromatic carbocycles. The summed E-state index contributed by atoms with van der Waals surface area (Å²) >= 11 is 0. The summed E-state index contributed by atoms with van der Waals surface area (Å²) in [5.74, 6) is -2.89. The van der Waals surface area contributed by atoms with Gasteiger partial charge in [0.25, 0.3) is 5.79 Å². The minimum absolute atomic E-state index is 0.0598. The van der Waals surface area contributed by atoms with Gasteiger partial charge < -0.3 is 13.6 Å². The van der Waals surface area contributed by atoms with Gasteiger partial charge >= 0.3 is 6.18 Å². The van der Waals surface area contributed by atoms with Gasteiger partial charge in [-0.1, -0.05) is 36.8 Å². The number of benzene rings is 1. The fraction of sp³-hybridized carbons (Fsp3) is 0.700. The second-order valence-electron chi connectivity index (χ2n) is 9.02. The topological polar surface area (TPSA) is 27.7 Å². The van der Waals surface area contributed by atoms with E-state index < -0.39 is 34.2 Å². The molecule has 28 heavy (non-hydrogen) atoms. The van der Waals surface area contributed by atoms with Crippen LogP contribution in [-0.2, 0) is 19.2 Å². The van der Waals surface area contributed by atoms with Crippen LogP contribution in [0.5, 0.6) is 0 Å². The van der Waals surface area contributed by atoms with Crippen LogP contribution in [0, 0.1) is 6.92 Å². The van der Waals surface area contributed by atoms with E-state index in [2.05, 4.69) is 0 Å². The molecule has 0 amide bonds. The number of hydrogen-bond donors (Lipinski definition) is 0. The van der Waals surface area contributed by atoms with Crippen LogP contribution in [0.15, 0.2) is 24.3 Å². The van der Waals surface area contributed by atoms with Crippen molar-refractivity contribution in [3.63, 3.8) is 0 Å². The second kappa shape index (κ2) is 8.59. The highest BCUT2D eigenvalue weighted by molar-refractivity contribution is 6.70. The number of aryl methyl sites for hydroxylation is 1. The maximum atomic E-state index is 14.8. The molecule has 3 nitrogen and oxygen atoms in total. The molecule has 0 aliphatic rings. The van der Waals surface area contributed by atoms with E-state index >= 15 is 0 Å². The Labute approximate surface area is 169 Å². The number of rotatable bonds is 9. The van der Waals surface area contributed by atoms with Gasteiger partial charge in [-0.05, 0) is 65.1 Å². The largest absolute Gasteiger partial charge is 0.445 e.